The summed E-state index contributed by atoms with van der Waals surface area (Å²) in [5.41, 5.74) is 7.67. The molecular weight excluding hydrogens is 346 g/mol. The first-order chi connectivity index (χ1) is 12.9. The number of nitrogens with two attached hydrogens (primary N) is 1. The van der Waals surface area contributed by atoms with Crippen molar-refractivity contribution in [2.75, 3.05) is 23.4 Å². The van der Waals surface area contributed by atoms with Crippen molar-refractivity contribution >= 4 is 29.1 Å². The first-order valence-electron chi connectivity index (χ1n) is 8.62. The fourth-order valence-corrected chi connectivity index (χ4v) is 2.92. The van der Waals surface area contributed by atoms with Crippen molar-refractivity contribution in [2.45, 2.75) is 13.3 Å². The van der Waals surface area contributed by atoms with Gasteiger partial charge in [-0.1, -0.05) is 18.2 Å². The zero-order valence-electron chi connectivity index (χ0n) is 15.0. The van der Waals surface area contributed by atoms with Gasteiger partial charge < -0.3 is 20.7 Å². The summed E-state index contributed by atoms with van der Waals surface area (Å²) in [4.78, 5) is 36.8. The lowest BCUT2D eigenvalue weighted by Crippen LogP contribution is -2.28. The maximum Gasteiger partial charge on any atom is 0.262 e. The van der Waals surface area contributed by atoms with E-state index in [2.05, 4.69) is 5.32 Å². The Balaban J connectivity index is 1.55. The standard InChI is InChI=1S/C20H21N3O4/c1-13-4-2-3-5-17(13)22-18(24)12-27-16-8-6-15(7-9-16)23-11-14(20(21)26)10-19(23)25/h2-9,14H,10-12H2,1H3,(H2,21,26)(H,22,24)/t14-/m1/s1. The number of hydrogen-bond donors (Lipinski definition) is 2. The molecule has 1 fully saturated rings. The van der Waals surface area contributed by atoms with E-state index < -0.39 is 11.8 Å². The smallest absolute Gasteiger partial charge is 0.262 e. The van der Waals surface area contributed by atoms with Crippen molar-refractivity contribution < 1.29 is 19.1 Å². The van der Waals surface area contributed by atoms with Crippen LogP contribution in [0.2, 0.25) is 0 Å². The molecule has 0 aromatic heterocycles. The molecule has 7 nitrogen and oxygen atoms in total. The zero-order chi connectivity index (χ0) is 19.4. The number of nitrogens with zero attached hydrogens (tertiary/aromatic N) is 1. The van der Waals surface area contributed by atoms with Gasteiger partial charge in [0.1, 0.15) is 5.75 Å². The molecule has 7 heteroatoms. The number of hydrogen-bond acceptors (Lipinski definition) is 4. The number of para-hydroxylation sites is 1. The van der Waals surface area contributed by atoms with Crippen LogP contribution in [0.5, 0.6) is 5.75 Å². The average molecular weight is 367 g/mol. The summed E-state index contributed by atoms with van der Waals surface area (Å²) in [5.74, 6) is -0.807. The molecule has 1 heterocycles. The Kier molecular flexibility index (Phi) is 5.40. The lowest BCUT2D eigenvalue weighted by molar-refractivity contribution is -0.123. The van der Waals surface area contributed by atoms with Crippen molar-refractivity contribution in [1.29, 1.82) is 0 Å². The minimum atomic E-state index is -0.467. The van der Waals surface area contributed by atoms with E-state index in [1.165, 1.54) is 4.90 Å². The molecule has 1 aliphatic heterocycles. The van der Waals surface area contributed by atoms with Crippen molar-refractivity contribution in [2.24, 2.45) is 11.7 Å². The number of benzene rings is 2. The molecule has 2 aromatic carbocycles. The van der Waals surface area contributed by atoms with E-state index >= 15 is 0 Å². The van der Waals surface area contributed by atoms with Crippen LogP contribution < -0.4 is 20.7 Å². The van der Waals surface area contributed by atoms with Gasteiger partial charge in [-0.25, -0.2) is 0 Å². The summed E-state index contributed by atoms with van der Waals surface area (Å²) in [7, 11) is 0. The van der Waals surface area contributed by atoms with Gasteiger partial charge in [0.15, 0.2) is 6.61 Å². The number of rotatable bonds is 6. The predicted octanol–water partition coefficient (Wildman–Crippen LogP) is 1.85. The van der Waals surface area contributed by atoms with E-state index in [1.54, 1.807) is 24.3 Å². The fraction of sp³-hybridized carbons (Fsp3) is 0.250. The maximum atomic E-state index is 12.0. The summed E-state index contributed by atoms with van der Waals surface area (Å²) < 4.78 is 5.49. The van der Waals surface area contributed by atoms with Crippen LogP contribution in [0.1, 0.15) is 12.0 Å². The van der Waals surface area contributed by atoms with Gasteiger partial charge in [0.25, 0.3) is 5.91 Å². The molecule has 1 saturated heterocycles. The molecule has 3 N–H and O–H groups in total. The number of aryl methyl sites for hydroxylation is 1. The molecule has 1 atom stereocenters. The zero-order valence-corrected chi connectivity index (χ0v) is 15.0. The third-order valence-corrected chi connectivity index (χ3v) is 4.46. The SMILES string of the molecule is Cc1ccccc1NC(=O)COc1ccc(N2C[C@H](C(N)=O)CC2=O)cc1. The molecule has 0 saturated carbocycles. The van der Waals surface area contributed by atoms with E-state index in [-0.39, 0.29) is 31.4 Å². The van der Waals surface area contributed by atoms with Gasteiger partial charge >= 0.3 is 0 Å². The van der Waals surface area contributed by atoms with Crippen molar-refractivity contribution in [3.05, 3.63) is 54.1 Å². The molecule has 0 spiro atoms. The molecule has 0 bridgehead atoms. The summed E-state index contributed by atoms with van der Waals surface area (Å²) in [6.45, 7) is 2.07. The highest BCUT2D eigenvalue weighted by molar-refractivity contribution is 6.00. The summed E-state index contributed by atoms with van der Waals surface area (Å²) in [6, 6.07) is 14.3. The lowest BCUT2D eigenvalue weighted by atomic mass is 10.1. The third kappa shape index (κ3) is 4.44. The van der Waals surface area contributed by atoms with E-state index in [0.29, 0.717) is 11.4 Å². The molecule has 2 aromatic rings. The quantitative estimate of drug-likeness (QED) is 0.813. The van der Waals surface area contributed by atoms with Gasteiger partial charge in [0.05, 0.1) is 5.92 Å². The van der Waals surface area contributed by atoms with Gasteiger partial charge in [-0.3, -0.25) is 14.4 Å². The maximum absolute atomic E-state index is 12.0. The second kappa shape index (κ2) is 7.90. The van der Waals surface area contributed by atoms with Crippen LogP contribution in [0, 0.1) is 12.8 Å². The first-order valence-corrected chi connectivity index (χ1v) is 8.62. The number of primary amides is 1. The molecule has 3 amide bonds. The number of ether oxygens (including phenoxy) is 1. The van der Waals surface area contributed by atoms with Gasteiger partial charge in [-0.05, 0) is 42.8 Å². The molecule has 1 aliphatic rings. The predicted molar refractivity (Wildman–Crippen MR) is 101 cm³/mol. The summed E-state index contributed by atoms with van der Waals surface area (Å²) in [5, 5.41) is 2.80. The Morgan fingerprint density at radius 2 is 1.89 bits per heavy atom. The molecular formula is C20H21N3O4. The molecule has 0 radical (unpaired) electrons. The van der Waals surface area contributed by atoms with Crippen LogP contribution in [0.25, 0.3) is 0 Å². The topological polar surface area (TPSA) is 102 Å². The van der Waals surface area contributed by atoms with Crippen molar-refractivity contribution in [3.63, 3.8) is 0 Å². The lowest BCUT2D eigenvalue weighted by Gasteiger charge is -2.16. The second-order valence-corrected chi connectivity index (χ2v) is 6.45. The van der Waals surface area contributed by atoms with E-state index in [0.717, 1.165) is 11.3 Å². The first kappa shape index (κ1) is 18.4. The Hall–Kier alpha value is -3.35. The van der Waals surface area contributed by atoms with Gasteiger partial charge in [-0.15, -0.1) is 0 Å². The Morgan fingerprint density at radius 1 is 1.19 bits per heavy atom. The van der Waals surface area contributed by atoms with Crippen LogP contribution in [0.15, 0.2) is 48.5 Å². The number of carbonyl (C=O) groups excluding carboxylic acids is 3. The molecule has 0 aliphatic carbocycles. The van der Waals surface area contributed by atoms with E-state index in [4.69, 9.17) is 10.5 Å². The van der Waals surface area contributed by atoms with Gasteiger partial charge in [0, 0.05) is 24.3 Å². The highest BCUT2D eigenvalue weighted by atomic mass is 16.5. The average Bonchev–Trinajstić information content (AvgIpc) is 3.04. The number of nitrogens with one attached hydrogen (secondary N) is 1. The minimum absolute atomic E-state index is 0.125. The Bertz CT molecular complexity index is 864. The number of anilines is 2. The van der Waals surface area contributed by atoms with Gasteiger partial charge in [-0.2, -0.15) is 0 Å². The van der Waals surface area contributed by atoms with Crippen LogP contribution in [0.3, 0.4) is 0 Å². The second-order valence-electron chi connectivity index (χ2n) is 6.45. The molecule has 0 unspecified atom stereocenters. The van der Waals surface area contributed by atoms with Crippen LogP contribution in [-0.4, -0.2) is 30.9 Å². The molecule has 3 rings (SSSR count). The van der Waals surface area contributed by atoms with E-state index in [1.807, 2.05) is 31.2 Å². The summed E-state index contributed by atoms with van der Waals surface area (Å²) in [6.07, 6.45) is 0.132. The summed E-state index contributed by atoms with van der Waals surface area (Å²) >= 11 is 0. The van der Waals surface area contributed by atoms with Gasteiger partial charge in [0.2, 0.25) is 11.8 Å². The van der Waals surface area contributed by atoms with Crippen LogP contribution >= 0.6 is 0 Å². The van der Waals surface area contributed by atoms with E-state index in [9.17, 15) is 14.4 Å². The number of carbonyl (C=O) groups is 3. The van der Waals surface area contributed by atoms with Crippen LogP contribution in [-0.2, 0) is 14.4 Å². The normalized spacial score (nSPS) is 16.3. The minimum Gasteiger partial charge on any atom is -0.484 e. The van der Waals surface area contributed by atoms with Crippen molar-refractivity contribution in [1.82, 2.24) is 0 Å². The largest absolute Gasteiger partial charge is 0.484 e. The number of amides is 3. The highest BCUT2D eigenvalue weighted by Crippen LogP contribution is 2.26. The monoisotopic (exact) mass is 367 g/mol. The highest BCUT2D eigenvalue weighted by Gasteiger charge is 2.33. The third-order valence-electron chi connectivity index (χ3n) is 4.46. The van der Waals surface area contributed by atoms with Crippen LogP contribution in [0.4, 0.5) is 11.4 Å². The molecule has 27 heavy (non-hydrogen) atoms. The Morgan fingerprint density at radius 3 is 2.52 bits per heavy atom. The Labute approximate surface area is 157 Å². The molecule has 140 valence electrons. The fourth-order valence-electron chi connectivity index (χ4n) is 2.92. The van der Waals surface area contributed by atoms with Crippen molar-refractivity contribution in [3.8, 4) is 5.75 Å².